The molecule has 0 aliphatic rings. The molecule has 0 spiro atoms. The summed E-state index contributed by atoms with van der Waals surface area (Å²) in [6, 6.07) is 6.39. The fourth-order valence-corrected chi connectivity index (χ4v) is 2.41. The summed E-state index contributed by atoms with van der Waals surface area (Å²) >= 11 is 0. The largest absolute Gasteiger partial charge is 0.478 e. The van der Waals surface area contributed by atoms with Crippen molar-refractivity contribution in [3.8, 4) is 11.1 Å². The second kappa shape index (κ2) is 7.45. The molecule has 1 heterocycles. The minimum absolute atomic E-state index is 0.212. The SMILES string of the molecule is C=CCOCc1cccc(-c2c(C(=O)O)c(N)[nH]c(=O)c2C(=O)O)c1. The van der Waals surface area contributed by atoms with E-state index in [9.17, 15) is 24.6 Å². The number of hydrogen-bond acceptors (Lipinski definition) is 5. The second-order valence-electron chi connectivity index (χ2n) is 5.11. The first-order chi connectivity index (χ1) is 11.9. The molecule has 130 valence electrons. The highest BCUT2D eigenvalue weighted by Gasteiger charge is 2.26. The third-order valence-corrected chi connectivity index (χ3v) is 3.39. The lowest BCUT2D eigenvalue weighted by molar-refractivity contribution is 0.0695. The second-order valence-corrected chi connectivity index (χ2v) is 5.11. The summed E-state index contributed by atoms with van der Waals surface area (Å²) in [5.74, 6) is -3.41. The van der Waals surface area contributed by atoms with Gasteiger partial charge in [0.25, 0.3) is 5.56 Å². The van der Waals surface area contributed by atoms with Gasteiger partial charge < -0.3 is 25.7 Å². The molecule has 2 rings (SSSR count). The predicted octanol–water partition coefficient (Wildman–Crippen LogP) is 1.72. The molecule has 1 aromatic carbocycles. The van der Waals surface area contributed by atoms with E-state index in [1.54, 1.807) is 24.3 Å². The first-order valence-electron chi connectivity index (χ1n) is 7.17. The Hall–Kier alpha value is -3.39. The van der Waals surface area contributed by atoms with Crippen LogP contribution in [0.2, 0.25) is 0 Å². The zero-order valence-electron chi connectivity index (χ0n) is 13.1. The van der Waals surface area contributed by atoms with Crippen LogP contribution in [0.4, 0.5) is 5.82 Å². The Kier molecular flexibility index (Phi) is 5.35. The normalized spacial score (nSPS) is 10.4. The van der Waals surface area contributed by atoms with Crippen molar-refractivity contribution >= 4 is 17.8 Å². The average molecular weight is 344 g/mol. The van der Waals surface area contributed by atoms with Gasteiger partial charge in [0, 0.05) is 5.56 Å². The lowest BCUT2D eigenvalue weighted by Crippen LogP contribution is -2.24. The van der Waals surface area contributed by atoms with Crippen LogP contribution in [0.3, 0.4) is 0 Å². The number of benzene rings is 1. The van der Waals surface area contributed by atoms with Crippen LogP contribution in [0.25, 0.3) is 11.1 Å². The van der Waals surface area contributed by atoms with Gasteiger partial charge in [-0.1, -0.05) is 24.3 Å². The van der Waals surface area contributed by atoms with Crippen LogP contribution in [-0.4, -0.2) is 33.7 Å². The molecule has 0 amide bonds. The van der Waals surface area contributed by atoms with Crippen LogP contribution in [0.1, 0.15) is 26.3 Å². The van der Waals surface area contributed by atoms with Gasteiger partial charge in [-0.15, -0.1) is 6.58 Å². The molecule has 25 heavy (non-hydrogen) atoms. The number of pyridine rings is 1. The van der Waals surface area contributed by atoms with Gasteiger partial charge >= 0.3 is 11.9 Å². The molecule has 8 heteroatoms. The lowest BCUT2D eigenvalue weighted by atomic mass is 9.94. The molecule has 0 saturated heterocycles. The smallest absolute Gasteiger partial charge is 0.342 e. The highest BCUT2D eigenvalue weighted by Crippen LogP contribution is 2.29. The first-order valence-corrected chi connectivity index (χ1v) is 7.17. The number of rotatable bonds is 7. The van der Waals surface area contributed by atoms with Crippen molar-refractivity contribution in [1.82, 2.24) is 4.98 Å². The minimum Gasteiger partial charge on any atom is -0.478 e. The monoisotopic (exact) mass is 344 g/mol. The van der Waals surface area contributed by atoms with Crippen LogP contribution in [-0.2, 0) is 11.3 Å². The molecule has 5 N–H and O–H groups in total. The number of nitrogens with two attached hydrogens (primary N) is 1. The van der Waals surface area contributed by atoms with Crippen molar-refractivity contribution in [2.45, 2.75) is 6.61 Å². The van der Waals surface area contributed by atoms with Crippen molar-refractivity contribution in [3.63, 3.8) is 0 Å². The van der Waals surface area contributed by atoms with E-state index in [0.29, 0.717) is 12.2 Å². The number of nitrogens with one attached hydrogen (secondary N) is 1. The number of carbonyl (C=O) groups is 2. The molecule has 0 unspecified atom stereocenters. The number of H-pyrrole nitrogens is 1. The van der Waals surface area contributed by atoms with Crippen molar-refractivity contribution in [3.05, 3.63) is 64.0 Å². The van der Waals surface area contributed by atoms with Gasteiger partial charge in [-0.05, 0) is 17.2 Å². The Labute approximate surface area is 142 Å². The number of nitrogen functional groups attached to an aromatic ring is 1. The van der Waals surface area contributed by atoms with E-state index in [1.165, 1.54) is 6.07 Å². The molecule has 0 bridgehead atoms. The van der Waals surface area contributed by atoms with Crippen LogP contribution < -0.4 is 11.3 Å². The Morgan fingerprint density at radius 1 is 1.24 bits per heavy atom. The maximum absolute atomic E-state index is 12.0. The van der Waals surface area contributed by atoms with Crippen LogP contribution in [0, 0.1) is 0 Å². The average Bonchev–Trinajstić information content (AvgIpc) is 2.53. The van der Waals surface area contributed by atoms with Crippen molar-refractivity contribution in [2.75, 3.05) is 12.3 Å². The molecule has 0 saturated carbocycles. The quantitative estimate of drug-likeness (QED) is 0.442. The van der Waals surface area contributed by atoms with Gasteiger partial charge in [-0.3, -0.25) is 4.79 Å². The summed E-state index contributed by atoms with van der Waals surface area (Å²) in [6.07, 6.45) is 1.58. The zero-order valence-corrected chi connectivity index (χ0v) is 13.1. The minimum atomic E-state index is -1.55. The standard InChI is InChI=1S/C17H16N2O6/c1-2-6-25-8-9-4-3-5-10(7-9)11-12(16(21)22)14(18)19-15(20)13(11)17(23)24/h2-5,7H,1,6,8H2,(H,21,22)(H,23,24)(H3,18,19,20). The van der Waals surface area contributed by atoms with Crippen molar-refractivity contribution < 1.29 is 24.5 Å². The summed E-state index contributed by atoms with van der Waals surface area (Å²) < 4.78 is 5.32. The van der Waals surface area contributed by atoms with Crippen LogP contribution in [0.15, 0.2) is 41.7 Å². The van der Waals surface area contributed by atoms with E-state index in [2.05, 4.69) is 11.6 Å². The summed E-state index contributed by atoms with van der Waals surface area (Å²) in [5.41, 5.74) is 4.14. The van der Waals surface area contributed by atoms with E-state index >= 15 is 0 Å². The number of ether oxygens (including phenoxy) is 1. The Morgan fingerprint density at radius 2 is 1.92 bits per heavy atom. The molecule has 0 aliphatic heterocycles. The van der Waals surface area contributed by atoms with E-state index in [4.69, 9.17) is 10.5 Å². The van der Waals surface area contributed by atoms with Crippen LogP contribution >= 0.6 is 0 Å². The molecule has 0 fully saturated rings. The van der Waals surface area contributed by atoms with Gasteiger partial charge in [0.15, 0.2) is 0 Å². The predicted molar refractivity (Wildman–Crippen MR) is 90.7 cm³/mol. The number of carboxylic acid groups (broad SMARTS) is 2. The number of aromatic carboxylic acids is 2. The summed E-state index contributed by atoms with van der Waals surface area (Å²) in [4.78, 5) is 37.1. The maximum Gasteiger partial charge on any atom is 0.342 e. The number of hydrogen-bond donors (Lipinski definition) is 4. The fourth-order valence-electron chi connectivity index (χ4n) is 2.41. The molecular formula is C17H16N2O6. The number of anilines is 1. The van der Waals surface area contributed by atoms with Crippen molar-refractivity contribution in [1.29, 1.82) is 0 Å². The molecule has 1 aromatic heterocycles. The van der Waals surface area contributed by atoms with Crippen LogP contribution in [0.5, 0.6) is 0 Å². The maximum atomic E-state index is 12.0. The Balaban J connectivity index is 2.71. The zero-order chi connectivity index (χ0) is 18.6. The molecule has 2 aromatic rings. The van der Waals surface area contributed by atoms with Gasteiger partial charge in [0.1, 0.15) is 16.9 Å². The van der Waals surface area contributed by atoms with E-state index in [1.807, 2.05) is 0 Å². The highest BCUT2D eigenvalue weighted by atomic mass is 16.5. The third kappa shape index (κ3) is 3.75. The molecular weight excluding hydrogens is 328 g/mol. The number of aromatic nitrogens is 1. The third-order valence-electron chi connectivity index (χ3n) is 3.39. The topological polar surface area (TPSA) is 143 Å². The van der Waals surface area contributed by atoms with Gasteiger partial charge in [-0.25, -0.2) is 9.59 Å². The number of aromatic amines is 1. The lowest BCUT2D eigenvalue weighted by Gasteiger charge is -2.13. The van der Waals surface area contributed by atoms with E-state index in [0.717, 1.165) is 0 Å². The molecule has 0 atom stereocenters. The fraction of sp³-hybridized carbons (Fsp3) is 0.118. The summed E-state index contributed by atoms with van der Waals surface area (Å²) in [6.45, 7) is 4.06. The summed E-state index contributed by atoms with van der Waals surface area (Å²) in [7, 11) is 0. The Morgan fingerprint density at radius 3 is 2.52 bits per heavy atom. The summed E-state index contributed by atoms with van der Waals surface area (Å²) in [5, 5.41) is 18.8. The molecule has 0 aliphatic carbocycles. The van der Waals surface area contributed by atoms with E-state index < -0.39 is 34.4 Å². The van der Waals surface area contributed by atoms with Crippen molar-refractivity contribution in [2.24, 2.45) is 0 Å². The van der Waals surface area contributed by atoms with Gasteiger partial charge in [0.05, 0.1) is 13.2 Å². The highest BCUT2D eigenvalue weighted by molar-refractivity contribution is 6.07. The molecule has 8 nitrogen and oxygen atoms in total. The first kappa shape index (κ1) is 18.0. The van der Waals surface area contributed by atoms with Gasteiger partial charge in [0.2, 0.25) is 0 Å². The number of carboxylic acids is 2. The van der Waals surface area contributed by atoms with E-state index in [-0.39, 0.29) is 17.7 Å². The molecule has 0 radical (unpaired) electrons. The Bertz CT molecular complexity index is 900. The van der Waals surface area contributed by atoms with Gasteiger partial charge in [-0.2, -0.15) is 0 Å².